The monoisotopic (exact) mass is 293 g/mol. The number of carbonyl (C=O) groups excluding carboxylic acids is 1. The number of halogens is 1. The van der Waals surface area contributed by atoms with E-state index in [9.17, 15) is 14.0 Å². The molecule has 0 aliphatic rings. The van der Waals surface area contributed by atoms with Gasteiger partial charge < -0.3 is 10.4 Å². The van der Waals surface area contributed by atoms with E-state index in [1.807, 2.05) is 0 Å². The van der Waals surface area contributed by atoms with Gasteiger partial charge in [0.25, 0.3) is 5.91 Å². The van der Waals surface area contributed by atoms with Crippen LogP contribution in [-0.2, 0) is 0 Å². The van der Waals surface area contributed by atoms with Crippen LogP contribution in [0.5, 0.6) is 0 Å². The molecular weight excluding hydrogens is 281 g/mol. The van der Waals surface area contributed by atoms with Crippen molar-refractivity contribution in [1.82, 2.24) is 0 Å². The summed E-state index contributed by atoms with van der Waals surface area (Å²) in [7, 11) is 0. The fourth-order valence-electron chi connectivity index (χ4n) is 1.75. The maximum absolute atomic E-state index is 13.6. The maximum atomic E-state index is 13.6. The van der Waals surface area contributed by atoms with Gasteiger partial charge in [-0.2, -0.15) is 0 Å². The van der Waals surface area contributed by atoms with Crippen LogP contribution < -0.4 is 5.32 Å². The van der Waals surface area contributed by atoms with E-state index in [1.54, 1.807) is 26.0 Å². The van der Waals surface area contributed by atoms with Crippen LogP contribution in [0, 0.1) is 19.7 Å². The second-order valence-corrected chi connectivity index (χ2v) is 5.42. The first-order chi connectivity index (χ1) is 9.38. The van der Waals surface area contributed by atoms with Crippen LogP contribution in [0.2, 0.25) is 0 Å². The third-order valence-electron chi connectivity index (χ3n) is 2.72. The Morgan fingerprint density at radius 1 is 1.25 bits per heavy atom. The molecule has 1 aromatic heterocycles. The summed E-state index contributed by atoms with van der Waals surface area (Å²) in [4.78, 5) is 23.1. The van der Waals surface area contributed by atoms with Gasteiger partial charge in [0.05, 0.1) is 10.6 Å². The Morgan fingerprint density at radius 2 is 1.95 bits per heavy atom. The third kappa shape index (κ3) is 2.85. The lowest BCUT2D eigenvalue weighted by atomic mass is 10.1. The number of aromatic carboxylic acids is 1. The minimum Gasteiger partial charge on any atom is -0.477 e. The first-order valence-corrected chi connectivity index (χ1v) is 6.61. The fourth-order valence-corrected chi connectivity index (χ4v) is 2.65. The van der Waals surface area contributed by atoms with Gasteiger partial charge in [-0.15, -0.1) is 11.3 Å². The highest BCUT2D eigenvalue weighted by molar-refractivity contribution is 7.18. The second-order valence-electron chi connectivity index (χ2n) is 4.37. The number of carboxylic acid groups (broad SMARTS) is 1. The van der Waals surface area contributed by atoms with E-state index in [0.29, 0.717) is 10.6 Å². The molecule has 2 rings (SSSR count). The summed E-state index contributed by atoms with van der Waals surface area (Å²) < 4.78 is 13.6. The normalized spacial score (nSPS) is 10.3. The van der Waals surface area contributed by atoms with Crippen LogP contribution in [0.15, 0.2) is 24.3 Å². The number of carboxylic acids is 1. The number of aryl methyl sites for hydroxylation is 2. The Kier molecular flexibility index (Phi) is 3.85. The minimum atomic E-state index is -1.05. The van der Waals surface area contributed by atoms with Gasteiger partial charge in [0.15, 0.2) is 0 Å². The molecule has 0 saturated carbocycles. The Hall–Kier alpha value is -2.21. The summed E-state index contributed by atoms with van der Waals surface area (Å²) in [5.41, 5.74) is 1.26. The van der Waals surface area contributed by atoms with Crippen LogP contribution >= 0.6 is 11.3 Å². The minimum absolute atomic E-state index is 0.0621. The number of rotatable bonds is 3. The topological polar surface area (TPSA) is 66.4 Å². The number of hydrogen-bond acceptors (Lipinski definition) is 3. The number of anilines is 1. The molecule has 0 radical (unpaired) electrons. The number of thiophene rings is 1. The molecule has 1 aromatic carbocycles. The van der Waals surface area contributed by atoms with Crippen LogP contribution in [0.3, 0.4) is 0 Å². The first kappa shape index (κ1) is 14.2. The fraction of sp³-hybridized carbons (Fsp3) is 0.143. The van der Waals surface area contributed by atoms with Gasteiger partial charge in [-0.1, -0.05) is 11.6 Å². The number of nitrogens with one attached hydrogen (secondary N) is 1. The van der Waals surface area contributed by atoms with Crippen molar-refractivity contribution in [3.8, 4) is 0 Å². The maximum Gasteiger partial charge on any atom is 0.346 e. The van der Waals surface area contributed by atoms with E-state index in [-0.39, 0.29) is 10.4 Å². The summed E-state index contributed by atoms with van der Waals surface area (Å²) in [6.45, 7) is 3.40. The molecule has 0 fully saturated rings. The summed E-state index contributed by atoms with van der Waals surface area (Å²) in [6, 6.07) is 5.81. The van der Waals surface area contributed by atoms with E-state index in [4.69, 9.17) is 5.11 Å². The average Bonchev–Trinajstić information content (AvgIpc) is 2.73. The van der Waals surface area contributed by atoms with Crippen molar-refractivity contribution in [2.24, 2.45) is 0 Å². The van der Waals surface area contributed by atoms with Gasteiger partial charge in [-0.25, -0.2) is 9.18 Å². The van der Waals surface area contributed by atoms with Gasteiger partial charge >= 0.3 is 5.97 Å². The van der Waals surface area contributed by atoms with Crippen molar-refractivity contribution in [2.45, 2.75) is 13.8 Å². The molecule has 0 aliphatic heterocycles. The van der Waals surface area contributed by atoms with E-state index in [1.165, 1.54) is 12.1 Å². The lowest BCUT2D eigenvalue weighted by Gasteiger charge is -2.04. The van der Waals surface area contributed by atoms with Gasteiger partial charge in [-0.05, 0) is 37.6 Å². The molecule has 1 amide bonds. The zero-order valence-electron chi connectivity index (χ0n) is 10.9. The molecule has 0 unspecified atom stereocenters. The molecule has 0 spiro atoms. The van der Waals surface area contributed by atoms with Gasteiger partial charge in [0.1, 0.15) is 10.7 Å². The molecular formula is C14H12FNO3S. The van der Waals surface area contributed by atoms with Crippen LogP contribution in [0.1, 0.15) is 31.2 Å². The van der Waals surface area contributed by atoms with E-state index in [0.717, 1.165) is 16.9 Å². The highest BCUT2D eigenvalue weighted by atomic mass is 32.1. The summed E-state index contributed by atoms with van der Waals surface area (Å²) in [5.74, 6) is -2.25. The molecule has 20 heavy (non-hydrogen) atoms. The Labute approximate surface area is 118 Å². The standard InChI is InChI=1S/C14H12FNO3S/c1-7-3-4-10(15)9(5-7)13(17)16-11-6-8(2)12(20-11)14(18)19/h3-6H,1-2H3,(H,16,17)(H,18,19). The lowest BCUT2D eigenvalue weighted by molar-refractivity contribution is 0.0701. The van der Waals surface area contributed by atoms with Crippen LogP contribution in [0.25, 0.3) is 0 Å². The van der Waals surface area contributed by atoms with Gasteiger partial charge in [0, 0.05) is 0 Å². The smallest absolute Gasteiger partial charge is 0.346 e. The molecule has 0 atom stereocenters. The molecule has 104 valence electrons. The molecule has 0 bridgehead atoms. The Morgan fingerprint density at radius 3 is 2.55 bits per heavy atom. The molecule has 2 N–H and O–H groups in total. The zero-order chi connectivity index (χ0) is 14.9. The SMILES string of the molecule is Cc1ccc(F)c(C(=O)Nc2cc(C)c(C(=O)O)s2)c1. The summed E-state index contributed by atoms with van der Waals surface area (Å²) >= 11 is 0.947. The number of carbonyl (C=O) groups is 2. The Balaban J connectivity index is 2.26. The molecule has 4 nitrogen and oxygen atoms in total. The average molecular weight is 293 g/mol. The van der Waals surface area contributed by atoms with Crippen LogP contribution in [-0.4, -0.2) is 17.0 Å². The summed E-state index contributed by atoms with van der Waals surface area (Å²) in [6.07, 6.45) is 0. The van der Waals surface area contributed by atoms with Crippen molar-refractivity contribution >= 4 is 28.2 Å². The van der Waals surface area contributed by atoms with Gasteiger partial charge in [0.2, 0.25) is 0 Å². The highest BCUT2D eigenvalue weighted by Crippen LogP contribution is 2.27. The van der Waals surface area contributed by atoms with Crippen LogP contribution in [0.4, 0.5) is 9.39 Å². The quantitative estimate of drug-likeness (QED) is 0.910. The summed E-state index contributed by atoms with van der Waals surface area (Å²) in [5, 5.41) is 11.8. The number of hydrogen-bond donors (Lipinski definition) is 2. The van der Waals surface area contributed by atoms with E-state index in [2.05, 4.69) is 5.32 Å². The number of benzene rings is 1. The predicted molar refractivity (Wildman–Crippen MR) is 75.1 cm³/mol. The lowest BCUT2D eigenvalue weighted by Crippen LogP contribution is -2.13. The molecule has 0 aliphatic carbocycles. The van der Waals surface area contributed by atoms with Crippen molar-refractivity contribution in [3.05, 3.63) is 51.7 Å². The van der Waals surface area contributed by atoms with Crippen molar-refractivity contribution < 1.29 is 19.1 Å². The third-order valence-corrected chi connectivity index (χ3v) is 3.86. The largest absolute Gasteiger partial charge is 0.477 e. The van der Waals surface area contributed by atoms with E-state index >= 15 is 0 Å². The van der Waals surface area contributed by atoms with Gasteiger partial charge in [-0.3, -0.25) is 4.79 Å². The van der Waals surface area contributed by atoms with Crippen molar-refractivity contribution in [2.75, 3.05) is 5.32 Å². The van der Waals surface area contributed by atoms with Crippen molar-refractivity contribution in [1.29, 1.82) is 0 Å². The number of amides is 1. The van der Waals surface area contributed by atoms with Crippen molar-refractivity contribution in [3.63, 3.8) is 0 Å². The molecule has 2 aromatic rings. The highest BCUT2D eigenvalue weighted by Gasteiger charge is 2.16. The molecule has 6 heteroatoms. The first-order valence-electron chi connectivity index (χ1n) is 5.79. The molecule has 0 saturated heterocycles. The Bertz CT molecular complexity index is 694. The second kappa shape index (κ2) is 5.42. The van der Waals surface area contributed by atoms with E-state index < -0.39 is 17.7 Å². The molecule has 1 heterocycles. The zero-order valence-corrected chi connectivity index (χ0v) is 11.7. The predicted octanol–water partition coefficient (Wildman–Crippen LogP) is 3.45.